The average Bonchev–Trinajstić information content (AvgIpc) is 2.38. The highest BCUT2D eigenvalue weighted by atomic mass is 79.9. The van der Waals surface area contributed by atoms with E-state index in [1.165, 1.54) is 0 Å². The van der Waals surface area contributed by atoms with Crippen molar-refractivity contribution < 1.29 is 9.84 Å². The van der Waals surface area contributed by atoms with Crippen LogP contribution in [0.4, 0.5) is 0 Å². The van der Waals surface area contributed by atoms with Gasteiger partial charge in [0.1, 0.15) is 11.4 Å². The van der Waals surface area contributed by atoms with Crippen molar-refractivity contribution in [1.82, 2.24) is 4.90 Å². The summed E-state index contributed by atoms with van der Waals surface area (Å²) in [7, 11) is 0. The van der Waals surface area contributed by atoms with Gasteiger partial charge in [-0.3, -0.25) is 0 Å². The molecule has 3 rings (SSSR count). The maximum absolute atomic E-state index is 10.4. The van der Waals surface area contributed by atoms with Crippen LogP contribution in [0.2, 0.25) is 0 Å². The Hall–Kier alpha value is -0.580. The fourth-order valence-corrected chi connectivity index (χ4v) is 3.70. The third-order valence-electron chi connectivity index (χ3n) is 4.67. The highest BCUT2D eigenvalue weighted by molar-refractivity contribution is 9.10. The van der Waals surface area contributed by atoms with Crippen molar-refractivity contribution in [3.05, 3.63) is 28.2 Å². The number of benzene rings is 1. The zero-order chi connectivity index (χ0) is 14.3. The van der Waals surface area contributed by atoms with Gasteiger partial charge in [0, 0.05) is 35.6 Å². The van der Waals surface area contributed by atoms with Crippen LogP contribution in [0.1, 0.15) is 44.8 Å². The van der Waals surface area contributed by atoms with E-state index in [0.717, 1.165) is 41.7 Å². The molecule has 4 heteroatoms. The van der Waals surface area contributed by atoms with E-state index in [1.807, 2.05) is 18.2 Å². The van der Waals surface area contributed by atoms with E-state index in [2.05, 4.69) is 34.7 Å². The summed E-state index contributed by atoms with van der Waals surface area (Å²) in [5, 5.41) is 10.4. The molecule has 2 heterocycles. The van der Waals surface area contributed by atoms with E-state index in [4.69, 9.17) is 4.74 Å². The summed E-state index contributed by atoms with van der Waals surface area (Å²) in [5.41, 5.74) is 0.739. The Kier molecular flexibility index (Phi) is 3.82. The fraction of sp³-hybridized carbons (Fsp3) is 0.625. The Labute approximate surface area is 129 Å². The Morgan fingerprint density at radius 2 is 2.05 bits per heavy atom. The molecular formula is C16H22BrNO2. The molecule has 20 heavy (non-hydrogen) atoms. The predicted molar refractivity (Wildman–Crippen MR) is 83.0 cm³/mol. The van der Waals surface area contributed by atoms with Gasteiger partial charge in [0.25, 0.3) is 0 Å². The van der Waals surface area contributed by atoms with Gasteiger partial charge in [-0.05, 0) is 38.8 Å². The molecule has 110 valence electrons. The number of aliphatic hydroxyl groups excluding tert-OH is 1. The summed E-state index contributed by atoms with van der Waals surface area (Å²) in [5.74, 6) is 0.844. The second kappa shape index (κ2) is 5.32. The van der Waals surface area contributed by atoms with Crippen molar-refractivity contribution in [1.29, 1.82) is 0 Å². The minimum atomic E-state index is -0.405. The van der Waals surface area contributed by atoms with Crippen LogP contribution < -0.4 is 4.74 Å². The highest BCUT2D eigenvalue weighted by Gasteiger charge is 2.43. The van der Waals surface area contributed by atoms with Crippen LogP contribution in [0.5, 0.6) is 5.75 Å². The number of piperidine rings is 1. The summed E-state index contributed by atoms with van der Waals surface area (Å²) >= 11 is 3.48. The number of ether oxygens (including phenoxy) is 1. The van der Waals surface area contributed by atoms with Gasteiger partial charge in [-0.25, -0.2) is 0 Å². The first-order chi connectivity index (χ1) is 9.49. The van der Waals surface area contributed by atoms with Gasteiger partial charge >= 0.3 is 0 Å². The number of rotatable bonds is 1. The standard InChI is InChI=1S/C16H22BrNO2/c1-11(2)18-7-5-16(6-8-18)10-14(19)13-4-3-12(17)9-15(13)20-16/h3-4,9,11,14,19H,5-8,10H2,1-2H3/t14-/m0/s1. The van der Waals surface area contributed by atoms with Crippen molar-refractivity contribution in [3.63, 3.8) is 0 Å². The van der Waals surface area contributed by atoms with E-state index in [1.54, 1.807) is 0 Å². The predicted octanol–water partition coefficient (Wildman–Crippen LogP) is 3.51. The summed E-state index contributed by atoms with van der Waals surface area (Å²) in [6, 6.07) is 6.49. The number of nitrogens with zero attached hydrogens (tertiary/aromatic N) is 1. The second-order valence-corrected chi connectivity index (χ2v) is 7.23. The number of hydrogen-bond acceptors (Lipinski definition) is 3. The van der Waals surface area contributed by atoms with E-state index < -0.39 is 6.10 Å². The SMILES string of the molecule is CC(C)N1CCC2(CC1)C[C@H](O)c1ccc(Br)cc1O2. The third kappa shape index (κ3) is 2.61. The van der Waals surface area contributed by atoms with E-state index in [-0.39, 0.29) is 5.60 Å². The first-order valence-corrected chi connectivity index (χ1v) is 8.19. The number of halogens is 1. The summed E-state index contributed by atoms with van der Waals surface area (Å²) in [6.07, 6.45) is 2.30. The van der Waals surface area contributed by atoms with Crippen LogP contribution in [0, 0.1) is 0 Å². The third-order valence-corrected chi connectivity index (χ3v) is 5.16. The lowest BCUT2D eigenvalue weighted by molar-refractivity contribution is -0.0580. The molecule has 1 atom stereocenters. The molecule has 0 bridgehead atoms. The molecule has 0 aromatic heterocycles. The fourth-order valence-electron chi connectivity index (χ4n) is 3.36. The van der Waals surface area contributed by atoms with Gasteiger partial charge in [0.15, 0.2) is 0 Å². The molecule has 0 radical (unpaired) electrons. The monoisotopic (exact) mass is 339 g/mol. The van der Waals surface area contributed by atoms with Crippen molar-refractivity contribution in [2.45, 2.75) is 50.9 Å². The molecule has 1 spiro atoms. The Morgan fingerprint density at radius 3 is 2.70 bits per heavy atom. The summed E-state index contributed by atoms with van der Waals surface area (Å²) in [6.45, 7) is 6.57. The lowest BCUT2D eigenvalue weighted by Crippen LogP contribution is -2.51. The molecule has 3 nitrogen and oxygen atoms in total. The van der Waals surface area contributed by atoms with Gasteiger partial charge in [-0.15, -0.1) is 0 Å². The van der Waals surface area contributed by atoms with Crippen LogP contribution in [0.15, 0.2) is 22.7 Å². The molecule has 1 aromatic carbocycles. The molecule has 1 N–H and O–H groups in total. The molecule has 1 saturated heterocycles. The quantitative estimate of drug-likeness (QED) is 0.849. The minimum Gasteiger partial charge on any atom is -0.487 e. The smallest absolute Gasteiger partial charge is 0.127 e. The number of fused-ring (bicyclic) bond motifs is 1. The van der Waals surface area contributed by atoms with Crippen LogP contribution in [-0.4, -0.2) is 34.7 Å². The number of aliphatic hydroxyl groups is 1. The lowest BCUT2D eigenvalue weighted by Gasteiger charge is -2.46. The highest BCUT2D eigenvalue weighted by Crippen LogP contribution is 2.45. The molecule has 0 aliphatic carbocycles. The van der Waals surface area contributed by atoms with Crippen LogP contribution >= 0.6 is 15.9 Å². The summed E-state index contributed by atoms with van der Waals surface area (Å²) in [4.78, 5) is 2.48. The molecule has 0 amide bonds. The first-order valence-electron chi connectivity index (χ1n) is 7.40. The van der Waals surface area contributed by atoms with Gasteiger partial charge in [-0.1, -0.05) is 22.0 Å². The van der Waals surface area contributed by atoms with E-state index in [9.17, 15) is 5.11 Å². The molecule has 0 saturated carbocycles. The molecule has 1 aromatic rings. The van der Waals surface area contributed by atoms with Gasteiger partial charge in [-0.2, -0.15) is 0 Å². The van der Waals surface area contributed by atoms with Gasteiger partial charge in [0.05, 0.1) is 6.10 Å². The molecule has 0 unspecified atom stereocenters. The Bertz CT molecular complexity index is 495. The first kappa shape index (κ1) is 14.4. The van der Waals surface area contributed by atoms with Crippen molar-refractivity contribution in [2.75, 3.05) is 13.1 Å². The summed E-state index contributed by atoms with van der Waals surface area (Å²) < 4.78 is 7.32. The topological polar surface area (TPSA) is 32.7 Å². The maximum atomic E-state index is 10.4. The number of likely N-dealkylation sites (tertiary alicyclic amines) is 1. The van der Waals surface area contributed by atoms with Gasteiger partial charge in [0.2, 0.25) is 0 Å². The minimum absolute atomic E-state index is 0.182. The maximum Gasteiger partial charge on any atom is 0.127 e. The molecule has 1 fully saturated rings. The Balaban J connectivity index is 1.81. The number of hydrogen-bond donors (Lipinski definition) is 1. The van der Waals surface area contributed by atoms with E-state index >= 15 is 0 Å². The second-order valence-electron chi connectivity index (χ2n) is 6.32. The average molecular weight is 340 g/mol. The van der Waals surface area contributed by atoms with E-state index in [0.29, 0.717) is 12.5 Å². The van der Waals surface area contributed by atoms with Gasteiger partial charge < -0.3 is 14.7 Å². The van der Waals surface area contributed by atoms with Crippen molar-refractivity contribution >= 4 is 15.9 Å². The normalized spacial score (nSPS) is 25.6. The van der Waals surface area contributed by atoms with Crippen LogP contribution in [0.25, 0.3) is 0 Å². The molecule has 2 aliphatic rings. The molecular weight excluding hydrogens is 318 g/mol. The van der Waals surface area contributed by atoms with Crippen LogP contribution in [0.3, 0.4) is 0 Å². The molecule has 2 aliphatic heterocycles. The van der Waals surface area contributed by atoms with Crippen molar-refractivity contribution in [2.24, 2.45) is 0 Å². The lowest BCUT2D eigenvalue weighted by atomic mass is 9.81. The largest absolute Gasteiger partial charge is 0.487 e. The van der Waals surface area contributed by atoms with Crippen LogP contribution in [-0.2, 0) is 0 Å². The zero-order valence-corrected chi connectivity index (χ0v) is 13.7. The Morgan fingerprint density at radius 1 is 1.35 bits per heavy atom. The van der Waals surface area contributed by atoms with Crippen molar-refractivity contribution in [3.8, 4) is 5.75 Å². The zero-order valence-electron chi connectivity index (χ0n) is 12.1.